The van der Waals surface area contributed by atoms with Crippen LogP contribution in [-0.2, 0) is 11.3 Å². The summed E-state index contributed by atoms with van der Waals surface area (Å²) in [5.74, 6) is 0.493. The normalized spacial score (nSPS) is 13.3. The maximum Gasteiger partial charge on any atom is 0.237 e. The zero-order valence-electron chi connectivity index (χ0n) is 17.3. The lowest BCUT2D eigenvalue weighted by Gasteiger charge is -2.26. The van der Waals surface area contributed by atoms with Crippen molar-refractivity contribution in [2.45, 2.75) is 32.5 Å². The highest BCUT2D eigenvalue weighted by Gasteiger charge is 2.20. The van der Waals surface area contributed by atoms with E-state index < -0.39 is 0 Å². The highest BCUT2D eigenvalue weighted by atomic mass is 19.1. The van der Waals surface area contributed by atoms with Gasteiger partial charge in [-0.05, 0) is 73.1 Å². The van der Waals surface area contributed by atoms with Crippen LogP contribution < -0.4 is 10.1 Å². The first kappa shape index (κ1) is 20.8. The van der Waals surface area contributed by atoms with Crippen LogP contribution in [-0.4, -0.2) is 31.0 Å². The van der Waals surface area contributed by atoms with Gasteiger partial charge in [0.25, 0.3) is 0 Å². The molecule has 5 heteroatoms. The Labute approximate surface area is 171 Å². The van der Waals surface area contributed by atoms with Crippen LogP contribution in [0.15, 0.2) is 60.7 Å². The van der Waals surface area contributed by atoms with Crippen LogP contribution >= 0.6 is 0 Å². The van der Waals surface area contributed by atoms with Gasteiger partial charge in [0, 0.05) is 6.54 Å². The van der Waals surface area contributed by atoms with Crippen LogP contribution in [0.1, 0.15) is 31.0 Å². The number of benzene rings is 3. The molecular formula is C24H27FN2O2. The van der Waals surface area contributed by atoms with Gasteiger partial charge in [0.15, 0.2) is 0 Å². The van der Waals surface area contributed by atoms with Crippen LogP contribution in [0.2, 0.25) is 0 Å². The molecule has 1 N–H and O–H groups in total. The van der Waals surface area contributed by atoms with Gasteiger partial charge in [-0.25, -0.2) is 4.39 Å². The van der Waals surface area contributed by atoms with Gasteiger partial charge in [0.2, 0.25) is 5.91 Å². The number of carbonyl (C=O) groups is 1. The van der Waals surface area contributed by atoms with E-state index in [9.17, 15) is 9.18 Å². The molecule has 0 spiro atoms. The van der Waals surface area contributed by atoms with Crippen LogP contribution in [0.4, 0.5) is 4.39 Å². The van der Waals surface area contributed by atoms with Gasteiger partial charge >= 0.3 is 0 Å². The first-order valence-corrected chi connectivity index (χ1v) is 9.70. The summed E-state index contributed by atoms with van der Waals surface area (Å²) in [6.45, 7) is 4.44. The number of methoxy groups -OCH3 is 1. The summed E-state index contributed by atoms with van der Waals surface area (Å²) in [4.78, 5) is 14.7. The van der Waals surface area contributed by atoms with Gasteiger partial charge < -0.3 is 10.1 Å². The van der Waals surface area contributed by atoms with E-state index in [1.165, 1.54) is 12.1 Å². The van der Waals surface area contributed by atoms with E-state index in [1.807, 2.05) is 44.0 Å². The number of hydrogen-bond acceptors (Lipinski definition) is 3. The van der Waals surface area contributed by atoms with Crippen molar-refractivity contribution in [1.82, 2.24) is 10.2 Å². The van der Waals surface area contributed by atoms with Crippen LogP contribution in [0.25, 0.3) is 10.8 Å². The van der Waals surface area contributed by atoms with Crippen LogP contribution in [0.3, 0.4) is 0 Å². The van der Waals surface area contributed by atoms with E-state index in [4.69, 9.17) is 4.74 Å². The maximum atomic E-state index is 13.1. The van der Waals surface area contributed by atoms with Gasteiger partial charge in [0.1, 0.15) is 11.6 Å². The van der Waals surface area contributed by atoms with Gasteiger partial charge in [-0.1, -0.05) is 30.3 Å². The van der Waals surface area contributed by atoms with E-state index >= 15 is 0 Å². The first-order chi connectivity index (χ1) is 13.9. The monoisotopic (exact) mass is 394 g/mol. The van der Waals surface area contributed by atoms with Crippen molar-refractivity contribution in [3.05, 3.63) is 77.6 Å². The molecule has 4 nitrogen and oxygen atoms in total. The van der Waals surface area contributed by atoms with E-state index in [0.717, 1.165) is 27.6 Å². The molecule has 2 atom stereocenters. The minimum absolute atomic E-state index is 0.0603. The molecule has 3 aromatic carbocycles. The molecular weight excluding hydrogens is 367 g/mol. The quantitative estimate of drug-likeness (QED) is 0.632. The van der Waals surface area contributed by atoms with E-state index in [0.29, 0.717) is 6.54 Å². The number of amides is 1. The molecule has 0 radical (unpaired) electrons. The highest BCUT2D eigenvalue weighted by molar-refractivity contribution is 5.84. The van der Waals surface area contributed by atoms with Crippen LogP contribution in [0, 0.1) is 5.82 Å². The number of ether oxygens (including phenoxy) is 1. The molecule has 0 unspecified atom stereocenters. The fourth-order valence-corrected chi connectivity index (χ4v) is 3.29. The summed E-state index contributed by atoms with van der Waals surface area (Å²) in [5, 5.41) is 5.27. The molecule has 0 aliphatic rings. The predicted molar refractivity (Wildman–Crippen MR) is 114 cm³/mol. The number of nitrogens with one attached hydrogen (secondary N) is 1. The second-order valence-corrected chi connectivity index (χ2v) is 7.42. The third-order valence-corrected chi connectivity index (χ3v) is 5.31. The summed E-state index contributed by atoms with van der Waals surface area (Å²) in [5.41, 5.74) is 2.01. The van der Waals surface area contributed by atoms with Gasteiger partial charge in [-0.3, -0.25) is 9.69 Å². The number of halogens is 1. The molecule has 0 saturated heterocycles. The SMILES string of the molecule is COc1ccc2cc(CN(C)[C@@H](C)C(=O)N[C@@H](C)c3ccc(F)cc3)ccc2c1. The second kappa shape index (κ2) is 9.05. The zero-order valence-corrected chi connectivity index (χ0v) is 17.3. The van der Waals surface area contributed by atoms with Crippen molar-refractivity contribution in [3.63, 3.8) is 0 Å². The minimum atomic E-state index is -0.301. The average molecular weight is 394 g/mol. The number of likely N-dealkylation sites (N-methyl/N-ethyl adjacent to an activating group) is 1. The smallest absolute Gasteiger partial charge is 0.237 e. The Kier molecular flexibility index (Phi) is 6.49. The predicted octanol–water partition coefficient (Wildman–Crippen LogP) is 4.69. The van der Waals surface area contributed by atoms with E-state index in [2.05, 4.69) is 23.5 Å². The van der Waals surface area contributed by atoms with Crippen molar-refractivity contribution in [1.29, 1.82) is 0 Å². The van der Waals surface area contributed by atoms with E-state index in [-0.39, 0.29) is 23.8 Å². The largest absolute Gasteiger partial charge is 0.497 e. The Morgan fingerprint density at radius 1 is 1.03 bits per heavy atom. The number of nitrogens with zero attached hydrogens (tertiary/aromatic N) is 1. The molecule has 0 saturated carbocycles. The van der Waals surface area contributed by atoms with E-state index in [1.54, 1.807) is 19.2 Å². The van der Waals surface area contributed by atoms with Gasteiger partial charge in [0.05, 0.1) is 19.2 Å². The molecule has 0 aromatic heterocycles. The topological polar surface area (TPSA) is 41.6 Å². The van der Waals surface area contributed by atoms with Crippen molar-refractivity contribution >= 4 is 16.7 Å². The lowest BCUT2D eigenvalue weighted by molar-refractivity contribution is -0.126. The fourth-order valence-electron chi connectivity index (χ4n) is 3.29. The molecule has 0 heterocycles. The fraction of sp³-hybridized carbons (Fsp3) is 0.292. The van der Waals surface area contributed by atoms with Crippen molar-refractivity contribution in [2.75, 3.05) is 14.2 Å². The van der Waals surface area contributed by atoms with Crippen molar-refractivity contribution in [2.24, 2.45) is 0 Å². The molecule has 0 aliphatic carbocycles. The molecule has 0 fully saturated rings. The molecule has 0 aliphatic heterocycles. The van der Waals surface area contributed by atoms with Crippen molar-refractivity contribution < 1.29 is 13.9 Å². The Hall–Kier alpha value is -2.92. The first-order valence-electron chi connectivity index (χ1n) is 9.70. The molecule has 1 amide bonds. The Bertz CT molecular complexity index is 988. The molecule has 29 heavy (non-hydrogen) atoms. The maximum absolute atomic E-state index is 13.1. The summed E-state index contributed by atoms with van der Waals surface area (Å²) in [6, 6.07) is 18.0. The lowest BCUT2D eigenvalue weighted by Crippen LogP contribution is -2.43. The summed E-state index contributed by atoms with van der Waals surface area (Å²) in [7, 11) is 3.60. The standard InChI is InChI=1S/C24H27FN2O2/c1-16(19-7-10-22(25)11-8-19)26-24(28)17(2)27(3)15-18-5-6-21-14-23(29-4)12-9-20(21)13-18/h5-14,16-17H,15H2,1-4H3,(H,26,28)/t16-,17-/m0/s1. The summed E-state index contributed by atoms with van der Waals surface area (Å²) in [6.07, 6.45) is 0. The van der Waals surface area contributed by atoms with Crippen LogP contribution in [0.5, 0.6) is 5.75 Å². The Morgan fingerprint density at radius 2 is 1.69 bits per heavy atom. The molecule has 0 bridgehead atoms. The van der Waals surface area contributed by atoms with Gasteiger partial charge in [-0.2, -0.15) is 0 Å². The average Bonchev–Trinajstić information content (AvgIpc) is 2.73. The summed E-state index contributed by atoms with van der Waals surface area (Å²) >= 11 is 0. The third-order valence-electron chi connectivity index (χ3n) is 5.31. The molecule has 3 rings (SSSR count). The Balaban J connectivity index is 1.63. The second-order valence-electron chi connectivity index (χ2n) is 7.42. The zero-order chi connectivity index (χ0) is 21.0. The highest BCUT2D eigenvalue weighted by Crippen LogP contribution is 2.22. The molecule has 3 aromatic rings. The lowest BCUT2D eigenvalue weighted by atomic mass is 10.1. The Morgan fingerprint density at radius 3 is 2.38 bits per heavy atom. The number of hydrogen-bond donors (Lipinski definition) is 1. The molecule has 152 valence electrons. The van der Waals surface area contributed by atoms with Crippen molar-refractivity contribution in [3.8, 4) is 5.75 Å². The summed E-state index contributed by atoms with van der Waals surface area (Å²) < 4.78 is 18.4. The minimum Gasteiger partial charge on any atom is -0.497 e. The number of rotatable bonds is 7. The van der Waals surface area contributed by atoms with Gasteiger partial charge in [-0.15, -0.1) is 0 Å². The third kappa shape index (κ3) is 5.12. The number of carbonyl (C=O) groups excluding carboxylic acids is 1. The number of fused-ring (bicyclic) bond motifs is 1.